The van der Waals surface area contributed by atoms with Gasteiger partial charge in [0.05, 0.1) is 24.7 Å². The van der Waals surface area contributed by atoms with Crippen LogP contribution in [0.15, 0.2) is 57.8 Å². The van der Waals surface area contributed by atoms with E-state index in [2.05, 4.69) is 10.2 Å². The van der Waals surface area contributed by atoms with Crippen LogP contribution in [0.2, 0.25) is 0 Å². The molecular formula is C22H22F2N4O5S. The summed E-state index contributed by atoms with van der Waals surface area (Å²) >= 11 is 0. The minimum absolute atomic E-state index is 0.0283. The summed E-state index contributed by atoms with van der Waals surface area (Å²) in [6, 6.07) is 12.6. The highest BCUT2D eigenvalue weighted by atomic mass is 32.2. The van der Waals surface area contributed by atoms with Gasteiger partial charge in [-0.15, -0.1) is 10.2 Å². The van der Waals surface area contributed by atoms with E-state index in [1.54, 1.807) is 46.2 Å². The van der Waals surface area contributed by atoms with Crippen LogP contribution in [0.4, 0.5) is 19.3 Å². The van der Waals surface area contributed by atoms with Gasteiger partial charge in [-0.05, 0) is 42.0 Å². The van der Waals surface area contributed by atoms with Crippen LogP contribution in [0.5, 0.6) is 0 Å². The second-order valence-electron chi connectivity index (χ2n) is 7.68. The monoisotopic (exact) mass is 492 g/mol. The molecule has 1 aromatic heterocycles. The Morgan fingerprint density at radius 2 is 1.71 bits per heavy atom. The third-order valence-corrected chi connectivity index (χ3v) is 6.39. The van der Waals surface area contributed by atoms with Crippen molar-refractivity contribution in [1.82, 2.24) is 15.1 Å². The Morgan fingerprint density at radius 1 is 1.06 bits per heavy atom. The van der Waals surface area contributed by atoms with Gasteiger partial charge in [0.25, 0.3) is 5.89 Å². The smallest absolute Gasteiger partial charge is 0.324 e. The highest BCUT2D eigenvalue weighted by molar-refractivity contribution is 7.90. The number of urea groups is 1. The number of carbonyl (C=O) groups is 1. The Hall–Kier alpha value is -3.38. The zero-order valence-corrected chi connectivity index (χ0v) is 19.0. The SMILES string of the molecule is CS(=O)(=O)c1ccc(N(Cc2ccc(-c3nnc(C(F)F)o3)cc2)C(=O)N2CCOCC2)cc1. The van der Waals surface area contributed by atoms with Crippen LogP contribution in [-0.4, -0.2) is 62.1 Å². The van der Waals surface area contributed by atoms with E-state index in [9.17, 15) is 22.0 Å². The molecule has 0 spiro atoms. The van der Waals surface area contributed by atoms with Crippen molar-refractivity contribution >= 4 is 21.6 Å². The van der Waals surface area contributed by atoms with E-state index >= 15 is 0 Å². The molecule has 0 atom stereocenters. The third kappa shape index (κ3) is 5.39. The van der Waals surface area contributed by atoms with Gasteiger partial charge in [0.15, 0.2) is 9.84 Å². The molecule has 180 valence electrons. The molecule has 1 fully saturated rings. The molecule has 0 saturated carbocycles. The first-order valence-electron chi connectivity index (χ1n) is 10.4. The quantitative estimate of drug-likeness (QED) is 0.518. The minimum atomic E-state index is -3.38. The van der Waals surface area contributed by atoms with Gasteiger partial charge in [-0.3, -0.25) is 4.90 Å². The number of nitrogens with zero attached hydrogens (tertiary/aromatic N) is 4. The van der Waals surface area contributed by atoms with Gasteiger partial charge in [0.2, 0.25) is 5.89 Å². The number of hydrogen-bond acceptors (Lipinski definition) is 7. The molecule has 2 heterocycles. The van der Waals surface area contributed by atoms with Crippen LogP contribution in [0, 0.1) is 0 Å². The molecule has 2 amide bonds. The van der Waals surface area contributed by atoms with E-state index in [1.165, 1.54) is 12.1 Å². The van der Waals surface area contributed by atoms with Gasteiger partial charge >= 0.3 is 12.5 Å². The number of benzene rings is 2. The molecule has 1 aliphatic rings. The first-order chi connectivity index (χ1) is 16.2. The summed E-state index contributed by atoms with van der Waals surface area (Å²) in [5.41, 5.74) is 1.75. The Labute approximate surface area is 194 Å². The molecule has 0 aliphatic carbocycles. The van der Waals surface area contributed by atoms with E-state index in [0.717, 1.165) is 11.8 Å². The standard InChI is InChI=1S/C22H22F2N4O5S/c1-34(30,31)18-8-6-17(7-9-18)28(22(29)27-10-12-32-13-11-27)14-15-2-4-16(5-3-15)20-25-26-21(33-20)19(23)24/h2-9,19H,10-14H2,1H3. The number of anilines is 1. The van der Waals surface area contributed by atoms with Crippen molar-refractivity contribution in [2.75, 3.05) is 37.5 Å². The van der Waals surface area contributed by atoms with Crippen molar-refractivity contribution in [3.8, 4) is 11.5 Å². The molecule has 12 heteroatoms. The highest BCUT2D eigenvalue weighted by Gasteiger charge is 2.25. The predicted octanol–water partition coefficient (Wildman–Crippen LogP) is 3.54. The summed E-state index contributed by atoms with van der Waals surface area (Å²) in [5, 5.41) is 6.96. The van der Waals surface area contributed by atoms with Crippen molar-refractivity contribution < 1.29 is 31.1 Å². The maximum Gasteiger partial charge on any atom is 0.324 e. The third-order valence-electron chi connectivity index (χ3n) is 5.26. The second-order valence-corrected chi connectivity index (χ2v) is 9.69. The van der Waals surface area contributed by atoms with Crippen molar-refractivity contribution in [3.05, 3.63) is 60.0 Å². The van der Waals surface area contributed by atoms with Crippen LogP contribution in [0.25, 0.3) is 11.5 Å². The Morgan fingerprint density at radius 3 is 2.26 bits per heavy atom. The van der Waals surface area contributed by atoms with Gasteiger partial charge in [-0.25, -0.2) is 13.2 Å². The average Bonchev–Trinajstić information content (AvgIpc) is 3.33. The number of sulfone groups is 1. The second kappa shape index (κ2) is 9.85. The maximum absolute atomic E-state index is 13.3. The number of aromatic nitrogens is 2. The molecule has 1 saturated heterocycles. The molecular weight excluding hydrogens is 470 g/mol. The first-order valence-corrected chi connectivity index (χ1v) is 12.3. The lowest BCUT2D eigenvalue weighted by Gasteiger charge is -2.33. The van der Waals surface area contributed by atoms with Crippen molar-refractivity contribution in [1.29, 1.82) is 0 Å². The normalized spacial score (nSPS) is 14.4. The van der Waals surface area contributed by atoms with Crippen LogP contribution in [-0.2, 0) is 21.1 Å². The number of halogens is 2. The average molecular weight is 493 g/mol. The highest BCUT2D eigenvalue weighted by Crippen LogP contribution is 2.26. The van der Waals surface area contributed by atoms with Crippen LogP contribution in [0.1, 0.15) is 17.9 Å². The van der Waals surface area contributed by atoms with E-state index in [1.807, 2.05) is 0 Å². The zero-order chi connectivity index (χ0) is 24.3. The molecule has 1 aliphatic heterocycles. The summed E-state index contributed by atoms with van der Waals surface area (Å²) in [5.74, 6) is -0.779. The molecule has 34 heavy (non-hydrogen) atoms. The number of carbonyl (C=O) groups excluding carboxylic acids is 1. The summed E-state index contributed by atoms with van der Waals surface area (Å²) < 4.78 is 59.3. The lowest BCUT2D eigenvalue weighted by atomic mass is 10.1. The molecule has 2 aromatic carbocycles. The molecule has 4 rings (SSSR count). The van der Waals surface area contributed by atoms with Gasteiger partial charge in [0, 0.05) is 30.6 Å². The van der Waals surface area contributed by atoms with Crippen LogP contribution in [0.3, 0.4) is 0 Å². The fourth-order valence-corrected chi connectivity index (χ4v) is 4.07. The van der Waals surface area contributed by atoms with Gasteiger partial charge in [-0.2, -0.15) is 8.78 Å². The zero-order valence-electron chi connectivity index (χ0n) is 18.2. The van der Waals surface area contributed by atoms with Crippen LogP contribution >= 0.6 is 0 Å². The van der Waals surface area contributed by atoms with Gasteiger partial charge in [-0.1, -0.05) is 12.1 Å². The molecule has 0 radical (unpaired) electrons. The van der Waals surface area contributed by atoms with E-state index in [-0.39, 0.29) is 23.4 Å². The summed E-state index contributed by atoms with van der Waals surface area (Å²) in [6.45, 7) is 1.96. The predicted molar refractivity (Wildman–Crippen MR) is 118 cm³/mol. The molecule has 0 unspecified atom stereocenters. The van der Waals surface area contributed by atoms with Gasteiger partial charge < -0.3 is 14.1 Å². The first kappa shape index (κ1) is 23.8. The lowest BCUT2D eigenvalue weighted by molar-refractivity contribution is 0.0548. The molecule has 9 nitrogen and oxygen atoms in total. The Balaban J connectivity index is 1.59. The maximum atomic E-state index is 13.3. The summed E-state index contributed by atoms with van der Waals surface area (Å²) in [7, 11) is -3.38. The number of ether oxygens (including phenoxy) is 1. The fraction of sp³-hybridized carbons (Fsp3) is 0.318. The number of rotatable bonds is 6. The minimum Gasteiger partial charge on any atom is -0.415 e. The van der Waals surface area contributed by atoms with E-state index in [0.29, 0.717) is 37.6 Å². The number of hydrogen-bond donors (Lipinski definition) is 0. The molecule has 3 aromatic rings. The summed E-state index contributed by atoms with van der Waals surface area (Å²) in [6.07, 6.45) is -1.73. The number of morpholine rings is 1. The van der Waals surface area contributed by atoms with Crippen LogP contribution < -0.4 is 4.90 Å². The fourth-order valence-electron chi connectivity index (χ4n) is 3.44. The van der Waals surface area contributed by atoms with Crippen molar-refractivity contribution in [2.45, 2.75) is 17.9 Å². The lowest BCUT2D eigenvalue weighted by Crippen LogP contribution is -2.48. The Kier molecular flexibility index (Phi) is 6.89. The van der Waals surface area contributed by atoms with Gasteiger partial charge in [0.1, 0.15) is 0 Å². The molecule has 0 bridgehead atoms. The topological polar surface area (TPSA) is 106 Å². The molecule has 0 N–H and O–H groups in total. The summed E-state index contributed by atoms with van der Waals surface area (Å²) in [4.78, 5) is 16.7. The number of amides is 2. The number of alkyl halides is 2. The van der Waals surface area contributed by atoms with Crippen molar-refractivity contribution in [2.24, 2.45) is 0 Å². The largest absolute Gasteiger partial charge is 0.415 e. The van der Waals surface area contributed by atoms with Crippen molar-refractivity contribution in [3.63, 3.8) is 0 Å². The Bertz CT molecular complexity index is 1240. The van der Waals surface area contributed by atoms with E-state index < -0.39 is 22.2 Å². The van der Waals surface area contributed by atoms with E-state index in [4.69, 9.17) is 9.15 Å².